The maximum absolute atomic E-state index is 13.5. The number of thiophene rings is 1. The van der Waals surface area contributed by atoms with Crippen LogP contribution in [0, 0.1) is 19.8 Å². The molecule has 2 aliphatic rings. The second-order valence-corrected chi connectivity index (χ2v) is 8.45. The van der Waals surface area contributed by atoms with Crippen molar-refractivity contribution in [3.05, 3.63) is 82.0 Å². The molecule has 0 saturated carbocycles. The molecule has 2 aromatic carbocycles. The molecule has 3 heterocycles. The summed E-state index contributed by atoms with van der Waals surface area (Å²) in [5, 5.41) is 3.71. The number of amides is 2. The molecule has 6 heteroatoms. The van der Waals surface area contributed by atoms with Gasteiger partial charge in [0.2, 0.25) is 5.91 Å². The summed E-state index contributed by atoms with van der Waals surface area (Å²) >= 11 is 1.57. The van der Waals surface area contributed by atoms with Gasteiger partial charge in [0.15, 0.2) is 6.10 Å². The second-order valence-electron chi connectivity index (χ2n) is 7.48. The topological polar surface area (TPSA) is 49.9 Å². The molecule has 29 heavy (non-hydrogen) atoms. The van der Waals surface area contributed by atoms with Gasteiger partial charge < -0.3 is 0 Å². The average Bonchev–Trinajstić information content (AvgIpc) is 3.41. The molecule has 2 amide bonds. The molecule has 0 bridgehead atoms. The first kappa shape index (κ1) is 18.1. The van der Waals surface area contributed by atoms with E-state index in [1.54, 1.807) is 16.4 Å². The molecule has 0 unspecified atom stereocenters. The van der Waals surface area contributed by atoms with Crippen LogP contribution < -0.4 is 9.96 Å². The van der Waals surface area contributed by atoms with Crippen molar-refractivity contribution in [1.82, 2.24) is 0 Å². The summed E-state index contributed by atoms with van der Waals surface area (Å²) in [5.74, 6) is -1.09. The van der Waals surface area contributed by atoms with Crippen LogP contribution in [0.5, 0.6) is 0 Å². The van der Waals surface area contributed by atoms with Crippen LogP contribution in [-0.4, -0.2) is 17.9 Å². The number of anilines is 2. The zero-order valence-corrected chi connectivity index (χ0v) is 16.9. The van der Waals surface area contributed by atoms with Gasteiger partial charge in [-0.25, -0.2) is 9.96 Å². The highest BCUT2D eigenvalue weighted by Gasteiger charge is 2.60. The molecule has 0 aliphatic carbocycles. The van der Waals surface area contributed by atoms with Gasteiger partial charge in [0.1, 0.15) is 12.0 Å². The lowest BCUT2D eigenvalue weighted by molar-refractivity contribution is -0.126. The molecule has 3 atom stereocenters. The third-order valence-electron chi connectivity index (χ3n) is 5.55. The standard InChI is InChI=1S/C23H20N2O3S/c1-14-10-11-17(15(2)13-14)24-22(26)19-20(18-9-6-12-29-18)25(28-21(19)23(24)27)16-7-4-3-5-8-16/h3-13,19-21H,1-2H3/t19-,20+,21+/m1/s1. The normalized spacial score (nSPS) is 23.7. The van der Waals surface area contributed by atoms with Crippen LogP contribution in [0.2, 0.25) is 0 Å². The van der Waals surface area contributed by atoms with E-state index in [0.29, 0.717) is 5.69 Å². The van der Waals surface area contributed by atoms with Crippen molar-refractivity contribution >= 4 is 34.5 Å². The van der Waals surface area contributed by atoms with E-state index in [2.05, 4.69) is 0 Å². The Hall–Kier alpha value is -2.96. The first-order chi connectivity index (χ1) is 14.1. The molecule has 2 fully saturated rings. The summed E-state index contributed by atoms with van der Waals surface area (Å²) in [6.45, 7) is 3.91. The predicted octanol–water partition coefficient (Wildman–Crippen LogP) is 4.42. The zero-order chi connectivity index (χ0) is 20.1. The number of hydrogen-bond donors (Lipinski definition) is 0. The number of nitrogens with zero attached hydrogens (tertiary/aromatic N) is 2. The van der Waals surface area contributed by atoms with Crippen LogP contribution in [0.25, 0.3) is 0 Å². The van der Waals surface area contributed by atoms with Gasteiger partial charge in [-0.05, 0) is 49.1 Å². The number of benzene rings is 2. The maximum atomic E-state index is 13.5. The minimum absolute atomic E-state index is 0.205. The van der Waals surface area contributed by atoms with Crippen LogP contribution in [0.4, 0.5) is 11.4 Å². The van der Waals surface area contributed by atoms with Crippen molar-refractivity contribution in [3.8, 4) is 0 Å². The molecule has 2 aliphatic heterocycles. The number of carbonyl (C=O) groups is 2. The predicted molar refractivity (Wildman–Crippen MR) is 113 cm³/mol. The van der Waals surface area contributed by atoms with E-state index >= 15 is 0 Å². The molecule has 3 aromatic rings. The number of imide groups is 1. The molecule has 2 saturated heterocycles. The Kier molecular flexibility index (Phi) is 4.26. The Morgan fingerprint density at radius 1 is 0.931 bits per heavy atom. The van der Waals surface area contributed by atoms with Gasteiger partial charge in [0, 0.05) is 4.88 Å². The Balaban J connectivity index is 1.58. The Morgan fingerprint density at radius 3 is 2.41 bits per heavy atom. The molecule has 1 aromatic heterocycles. The SMILES string of the molecule is Cc1ccc(N2C(=O)[C@H]3[C@H](ON(c4ccccc4)[C@H]3c3cccs3)C2=O)c(C)c1. The molecular weight excluding hydrogens is 384 g/mol. The van der Waals surface area contributed by atoms with E-state index in [4.69, 9.17) is 4.84 Å². The molecule has 0 N–H and O–H groups in total. The van der Waals surface area contributed by atoms with E-state index in [1.165, 1.54) is 4.90 Å². The number of carbonyl (C=O) groups excluding carboxylic acids is 2. The van der Waals surface area contributed by atoms with Crippen molar-refractivity contribution < 1.29 is 14.4 Å². The van der Waals surface area contributed by atoms with Crippen LogP contribution >= 0.6 is 11.3 Å². The van der Waals surface area contributed by atoms with E-state index in [9.17, 15) is 9.59 Å². The fourth-order valence-corrected chi connectivity index (χ4v) is 5.11. The summed E-state index contributed by atoms with van der Waals surface area (Å²) in [7, 11) is 0. The van der Waals surface area contributed by atoms with Gasteiger partial charge in [-0.2, -0.15) is 0 Å². The highest BCUT2D eigenvalue weighted by Crippen LogP contribution is 2.48. The third kappa shape index (κ3) is 2.79. The van der Waals surface area contributed by atoms with Gasteiger partial charge in [-0.3, -0.25) is 14.4 Å². The van der Waals surface area contributed by atoms with Crippen LogP contribution in [0.1, 0.15) is 22.0 Å². The lowest BCUT2D eigenvalue weighted by atomic mass is 9.95. The Labute approximate surface area is 173 Å². The minimum atomic E-state index is -0.824. The number of hydrogen-bond acceptors (Lipinski definition) is 5. The molecule has 0 spiro atoms. The van der Waals surface area contributed by atoms with Crippen molar-refractivity contribution in [2.45, 2.75) is 26.0 Å². The number of rotatable bonds is 3. The second kappa shape index (κ2) is 6.83. The molecular formula is C23H20N2O3S. The first-order valence-corrected chi connectivity index (χ1v) is 10.4. The van der Waals surface area contributed by atoms with Gasteiger partial charge in [0.05, 0.1) is 11.4 Å². The lowest BCUT2D eigenvalue weighted by Crippen LogP contribution is -2.37. The fraction of sp³-hybridized carbons (Fsp3) is 0.217. The largest absolute Gasteiger partial charge is 0.273 e. The molecule has 0 radical (unpaired) electrons. The molecule has 5 nitrogen and oxygen atoms in total. The summed E-state index contributed by atoms with van der Waals surface area (Å²) in [6, 6.07) is 19.0. The number of aryl methyl sites for hydroxylation is 2. The molecule has 146 valence electrons. The quantitative estimate of drug-likeness (QED) is 0.607. The average molecular weight is 404 g/mol. The van der Waals surface area contributed by atoms with Crippen LogP contribution in [0.3, 0.4) is 0 Å². The van der Waals surface area contributed by atoms with E-state index in [0.717, 1.165) is 21.7 Å². The van der Waals surface area contributed by atoms with Crippen LogP contribution in [0.15, 0.2) is 66.0 Å². The summed E-state index contributed by atoms with van der Waals surface area (Å²) < 4.78 is 0. The summed E-state index contributed by atoms with van der Waals surface area (Å²) in [4.78, 5) is 35.3. The van der Waals surface area contributed by atoms with Crippen molar-refractivity contribution in [2.75, 3.05) is 9.96 Å². The van der Waals surface area contributed by atoms with Crippen molar-refractivity contribution in [2.24, 2.45) is 5.92 Å². The minimum Gasteiger partial charge on any atom is -0.273 e. The van der Waals surface area contributed by atoms with Gasteiger partial charge in [0.25, 0.3) is 5.91 Å². The third-order valence-corrected chi connectivity index (χ3v) is 6.50. The van der Waals surface area contributed by atoms with Gasteiger partial charge in [-0.15, -0.1) is 11.3 Å². The first-order valence-electron chi connectivity index (χ1n) is 9.56. The highest BCUT2D eigenvalue weighted by molar-refractivity contribution is 7.10. The van der Waals surface area contributed by atoms with E-state index < -0.39 is 12.0 Å². The van der Waals surface area contributed by atoms with Crippen molar-refractivity contribution in [3.63, 3.8) is 0 Å². The van der Waals surface area contributed by atoms with E-state index in [1.807, 2.05) is 79.9 Å². The number of para-hydroxylation sites is 1. The van der Waals surface area contributed by atoms with Crippen molar-refractivity contribution in [1.29, 1.82) is 0 Å². The highest BCUT2D eigenvalue weighted by atomic mass is 32.1. The monoisotopic (exact) mass is 404 g/mol. The van der Waals surface area contributed by atoms with Gasteiger partial charge in [-0.1, -0.05) is 42.0 Å². The Morgan fingerprint density at radius 2 is 1.72 bits per heavy atom. The summed E-state index contributed by atoms with van der Waals surface area (Å²) in [5.41, 5.74) is 3.46. The zero-order valence-electron chi connectivity index (χ0n) is 16.1. The number of fused-ring (bicyclic) bond motifs is 1. The van der Waals surface area contributed by atoms with Crippen LogP contribution in [-0.2, 0) is 14.4 Å². The Bertz CT molecular complexity index is 1080. The fourth-order valence-electron chi connectivity index (χ4n) is 4.26. The maximum Gasteiger partial charge on any atom is 0.266 e. The van der Waals surface area contributed by atoms with E-state index in [-0.39, 0.29) is 17.9 Å². The summed E-state index contributed by atoms with van der Waals surface area (Å²) in [6.07, 6.45) is -0.824. The molecule has 5 rings (SSSR count). The smallest absolute Gasteiger partial charge is 0.266 e. The van der Waals surface area contributed by atoms with Gasteiger partial charge >= 0.3 is 0 Å². The number of hydroxylamine groups is 1. The lowest BCUT2D eigenvalue weighted by Gasteiger charge is -2.28.